The molecule has 0 saturated carbocycles. The molecule has 0 aromatic heterocycles. The summed E-state index contributed by atoms with van der Waals surface area (Å²) >= 11 is 1.63. The van der Waals surface area contributed by atoms with Crippen molar-refractivity contribution in [2.24, 2.45) is 0 Å². The predicted molar refractivity (Wildman–Crippen MR) is 121 cm³/mol. The lowest BCUT2D eigenvalue weighted by molar-refractivity contribution is -0.117. The first kappa shape index (κ1) is 20.5. The molecule has 1 aliphatic rings. The molecule has 0 unspecified atom stereocenters. The number of nitrogens with zero attached hydrogens (tertiary/aromatic N) is 1. The monoisotopic (exact) mass is 438 g/mol. The zero-order valence-corrected chi connectivity index (χ0v) is 18.6. The molecule has 1 aliphatic heterocycles. The average molecular weight is 439 g/mol. The van der Waals surface area contributed by atoms with Crippen LogP contribution in [0.5, 0.6) is 0 Å². The Hall–Kier alpha value is -2.77. The van der Waals surface area contributed by atoms with Crippen LogP contribution >= 0.6 is 11.8 Å². The molecule has 0 fully saturated rings. The molecular weight excluding hydrogens is 416 g/mol. The van der Waals surface area contributed by atoms with E-state index in [0.717, 1.165) is 21.0 Å². The molecule has 3 aromatic rings. The third kappa shape index (κ3) is 4.08. The molecule has 30 heavy (non-hydrogen) atoms. The van der Waals surface area contributed by atoms with Crippen molar-refractivity contribution >= 4 is 39.1 Å². The minimum Gasteiger partial charge on any atom is -0.315 e. The van der Waals surface area contributed by atoms with E-state index in [9.17, 15) is 13.2 Å². The second kappa shape index (κ2) is 7.81. The number of aryl methyl sites for hydroxylation is 2. The Morgan fingerprint density at radius 1 is 0.900 bits per heavy atom. The highest BCUT2D eigenvalue weighted by Crippen LogP contribution is 2.32. The van der Waals surface area contributed by atoms with E-state index in [0.29, 0.717) is 5.69 Å². The Kier molecular flexibility index (Phi) is 5.34. The van der Waals surface area contributed by atoms with Crippen molar-refractivity contribution in [1.29, 1.82) is 0 Å². The van der Waals surface area contributed by atoms with Crippen LogP contribution in [0.25, 0.3) is 0 Å². The van der Waals surface area contributed by atoms with Crippen molar-refractivity contribution < 1.29 is 13.2 Å². The molecule has 0 atom stereocenters. The molecule has 0 aliphatic carbocycles. The SMILES string of the molecule is Cc1ccc(Sc2ccc(NS(=O)(=O)c3ccc4c(c3)CC(=O)N4C)cc2)cc1C. The van der Waals surface area contributed by atoms with E-state index in [1.165, 1.54) is 17.2 Å². The van der Waals surface area contributed by atoms with Gasteiger partial charge < -0.3 is 4.90 Å². The topological polar surface area (TPSA) is 66.5 Å². The number of benzene rings is 3. The van der Waals surface area contributed by atoms with Crippen molar-refractivity contribution in [1.82, 2.24) is 0 Å². The van der Waals surface area contributed by atoms with Gasteiger partial charge in [0.2, 0.25) is 5.91 Å². The van der Waals surface area contributed by atoms with Gasteiger partial charge in [-0.05, 0) is 85.1 Å². The molecule has 3 aromatic carbocycles. The number of anilines is 2. The molecule has 0 radical (unpaired) electrons. The summed E-state index contributed by atoms with van der Waals surface area (Å²) in [7, 11) is -2.05. The first-order valence-corrected chi connectivity index (χ1v) is 11.8. The van der Waals surface area contributed by atoms with Crippen LogP contribution < -0.4 is 9.62 Å². The number of fused-ring (bicyclic) bond motifs is 1. The van der Waals surface area contributed by atoms with E-state index in [4.69, 9.17) is 0 Å². The Labute approximate surface area is 181 Å². The molecule has 1 N–H and O–H groups in total. The van der Waals surface area contributed by atoms with Crippen molar-refractivity contribution in [3.05, 3.63) is 77.4 Å². The van der Waals surface area contributed by atoms with Gasteiger partial charge in [0, 0.05) is 28.2 Å². The normalized spacial score (nSPS) is 13.4. The predicted octanol–water partition coefficient (Wildman–Crippen LogP) is 4.77. The van der Waals surface area contributed by atoms with Crippen LogP contribution in [-0.4, -0.2) is 21.4 Å². The van der Waals surface area contributed by atoms with E-state index in [1.807, 2.05) is 12.1 Å². The maximum Gasteiger partial charge on any atom is 0.261 e. The zero-order valence-electron chi connectivity index (χ0n) is 17.0. The fraction of sp³-hybridized carbons (Fsp3) is 0.174. The summed E-state index contributed by atoms with van der Waals surface area (Å²) in [4.78, 5) is 15.7. The van der Waals surface area contributed by atoms with E-state index in [-0.39, 0.29) is 17.2 Å². The van der Waals surface area contributed by atoms with Crippen molar-refractivity contribution in [3.63, 3.8) is 0 Å². The van der Waals surface area contributed by atoms with Crippen molar-refractivity contribution in [2.45, 2.75) is 35.0 Å². The molecule has 5 nitrogen and oxygen atoms in total. The summed E-state index contributed by atoms with van der Waals surface area (Å²) in [5.41, 5.74) is 4.48. The van der Waals surface area contributed by atoms with Gasteiger partial charge in [-0.3, -0.25) is 9.52 Å². The molecule has 4 rings (SSSR count). The van der Waals surface area contributed by atoms with Gasteiger partial charge in [0.15, 0.2) is 0 Å². The zero-order chi connectivity index (χ0) is 21.5. The summed E-state index contributed by atoms with van der Waals surface area (Å²) in [6, 6.07) is 18.4. The minimum atomic E-state index is -3.74. The van der Waals surface area contributed by atoms with Gasteiger partial charge in [-0.15, -0.1) is 0 Å². The van der Waals surface area contributed by atoms with Gasteiger partial charge in [0.1, 0.15) is 0 Å². The van der Waals surface area contributed by atoms with Gasteiger partial charge in [0.05, 0.1) is 11.3 Å². The standard InChI is InChI=1S/C23H22N2O3S2/c1-15-4-7-20(12-16(15)2)29-19-8-5-18(6-9-19)24-30(27,28)21-10-11-22-17(13-21)14-23(26)25(22)3/h4-13,24H,14H2,1-3H3. The van der Waals surface area contributed by atoms with Crippen LogP contribution in [0.4, 0.5) is 11.4 Å². The summed E-state index contributed by atoms with van der Waals surface area (Å²) in [6.45, 7) is 4.17. The highest BCUT2D eigenvalue weighted by Gasteiger charge is 2.26. The maximum absolute atomic E-state index is 12.8. The summed E-state index contributed by atoms with van der Waals surface area (Å²) in [5.74, 6) is -0.0376. The average Bonchev–Trinajstić information content (AvgIpc) is 2.99. The maximum atomic E-state index is 12.8. The molecule has 1 heterocycles. The Morgan fingerprint density at radius 3 is 2.30 bits per heavy atom. The fourth-order valence-electron chi connectivity index (χ4n) is 3.33. The Morgan fingerprint density at radius 2 is 1.60 bits per heavy atom. The third-order valence-electron chi connectivity index (χ3n) is 5.26. The van der Waals surface area contributed by atoms with Gasteiger partial charge in [-0.2, -0.15) is 0 Å². The third-order valence-corrected chi connectivity index (χ3v) is 7.64. The van der Waals surface area contributed by atoms with Crippen LogP contribution in [0, 0.1) is 13.8 Å². The molecule has 0 spiro atoms. The number of carbonyl (C=O) groups excluding carboxylic acids is 1. The van der Waals surface area contributed by atoms with E-state index >= 15 is 0 Å². The summed E-state index contributed by atoms with van der Waals surface area (Å²) in [5, 5.41) is 0. The number of sulfonamides is 1. The van der Waals surface area contributed by atoms with Crippen molar-refractivity contribution in [2.75, 3.05) is 16.7 Å². The molecular formula is C23H22N2O3S2. The Balaban J connectivity index is 1.49. The number of hydrogen-bond acceptors (Lipinski definition) is 4. The van der Waals surface area contributed by atoms with Crippen LogP contribution in [0.3, 0.4) is 0 Å². The number of hydrogen-bond donors (Lipinski definition) is 1. The van der Waals surface area contributed by atoms with Gasteiger partial charge in [0.25, 0.3) is 10.0 Å². The second-order valence-corrected chi connectivity index (χ2v) is 10.2. The lowest BCUT2D eigenvalue weighted by Gasteiger charge is -2.12. The number of nitrogens with one attached hydrogen (secondary N) is 1. The second-order valence-electron chi connectivity index (χ2n) is 7.40. The van der Waals surface area contributed by atoms with Crippen LogP contribution in [0.15, 0.2) is 75.4 Å². The Bertz CT molecular complexity index is 1240. The van der Waals surface area contributed by atoms with E-state index in [2.05, 4.69) is 36.8 Å². The minimum absolute atomic E-state index is 0.0376. The quantitative estimate of drug-likeness (QED) is 0.623. The number of rotatable bonds is 5. The lowest BCUT2D eigenvalue weighted by atomic mass is 10.1. The largest absolute Gasteiger partial charge is 0.315 e. The first-order chi connectivity index (χ1) is 14.2. The summed E-state index contributed by atoms with van der Waals surface area (Å²) < 4.78 is 28.2. The first-order valence-electron chi connectivity index (χ1n) is 9.50. The van der Waals surface area contributed by atoms with Crippen molar-refractivity contribution in [3.8, 4) is 0 Å². The number of amides is 1. The van der Waals surface area contributed by atoms with Gasteiger partial charge in [-0.1, -0.05) is 17.8 Å². The number of likely N-dealkylation sites (N-methyl/N-ethyl adjacent to an activating group) is 1. The van der Waals surface area contributed by atoms with Gasteiger partial charge in [-0.25, -0.2) is 8.42 Å². The fourth-order valence-corrected chi connectivity index (χ4v) is 5.36. The van der Waals surface area contributed by atoms with Crippen LogP contribution in [0.1, 0.15) is 16.7 Å². The highest BCUT2D eigenvalue weighted by molar-refractivity contribution is 7.99. The van der Waals surface area contributed by atoms with Crippen LogP contribution in [0.2, 0.25) is 0 Å². The molecule has 7 heteroatoms. The van der Waals surface area contributed by atoms with E-state index in [1.54, 1.807) is 48.0 Å². The molecule has 1 amide bonds. The van der Waals surface area contributed by atoms with Crippen LogP contribution in [-0.2, 0) is 21.2 Å². The molecule has 154 valence electrons. The van der Waals surface area contributed by atoms with E-state index < -0.39 is 10.0 Å². The van der Waals surface area contributed by atoms with Gasteiger partial charge >= 0.3 is 0 Å². The smallest absolute Gasteiger partial charge is 0.261 e. The number of carbonyl (C=O) groups is 1. The lowest BCUT2D eigenvalue weighted by Crippen LogP contribution is -2.20. The summed E-state index contributed by atoms with van der Waals surface area (Å²) in [6.07, 6.45) is 0.222. The molecule has 0 bridgehead atoms. The molecule has 0 saturated heterocycles. The highest BCUT2D eigenvalue weighted by atomic mass is 32.2.